The molecule has 3 heterocycles. The van der Waals surface area contributed by atoms with Gasteiger partial charge >= 0.3 is 0 Å². The molecule has 1 atom stereocenters. The lowest BCUT2D eigenvalue weighted by molar-refractivity contribution is 0.0827. The standard InChI is InChI=1S/C27H28ClF2N7O/c1-36(2)26(38)18-6-7-19(20(28)11-18)24-34-23-14-33-27(32-13-16-5-8-21(29)22(30)10-16)35-25(23)37(24)15-17-4-3-9-31-12-17/h5-8,10-11,14,17,31H,3-4,9,12-13,15H2,1-2H3,(H,32,33,35)/t17-/m1/s1. The average molecular weight is 540 g/mol. The molecule has 0 saturated carbocycles. The smallest absolute Gasteiger partial charge is 0.253 e. The van der Waals surface area contributed by atoms with Crippen LogP contribution in [-0.2, 0) is 13.1 Å². The maximum absolute atomic E-state index is 13.6. The summed E-state index contributed by atoms with van der Waals surface area (Å²) in [7, 11) is 3.39. The van der Waals surface area contributed by atoms with Crippen molar-refractivity contribution in [1.29, 1.82) is 0 Å². The normalized spacial score (nSPS) is 15.6. The maximum Gasteiger partial charge on any atom is 0.253 e. The molecule has 38 heavy (non-hydrogen) atoms. The Morgan fingerprint density at radius 1 is 1.18 bits per heavy atom. The summed E-state index contributed by atoms with van der Waals surface area (Å²) in [6.07, 6.45) is 3.79. The van der Waals surface area contributed by atoms with Crippen LogP contribution in [0.3, 0.4) is 0 Å². The fraction of sp³-hybridized carbons (Fsp3) is 0.333. The molecule has 2 aromatic carbocycles. The van der Waals surface area contributed by atoms with Crippen LogP contribution in [0.4, 0.5) is 14.7 Å². The maximum atomic E-state index is 13.6. The van der Waals surface area contributed by atoms with Crippen molar-refractivity contribution in [3.63, 3.8) is 0 Å². The largest absolute Gasteiger partial charge is 0.350 e. The van der Waals surface area contributed by atoms with Gasteiger partial charge in [-0.15, -0.1) is 0 Å². The van der Waals surface area contributed by atoms with Gasteiger partial charge < -0.3 is 20.1 Å². The minimum atomic E-state index is -0.903. The summed E-state index contributed by atoms with van der Waals surface area (Å²) in [5.74, 6) is -0.566. The Morgan fingerprint density at radius 3 is 2.74 bits per heavy atom. The second-order valence-corrected chi connectivity index (χ2v) is 10.1. The van der Waals surface area contributed by atoms with Crippen molar-refractivity contribution in [2.24, 2.45) is 5.92 Å². The molecule has 1 amide bonds. The topological polar surface area (TPSA) is 88.0 Å². The summed E-state index contributed by atoms with van der Waals surface area (Å²) in [6.45, 7) is 2.79. The summed E-state index contributed by atoms with van der Waals surface area (Å²) in [4.78, 5) is 27.8. The van der Waals surface area contributed by atoms with Crippen LogP contribution in [0.5, 0.6) is 0 Å². The molecule has 2 aromatic heterocycles. The van der Waals surface area contributed by atoms with Gasteiger partial charge in [-0.25, -0.2) is 18.7 Å². The number of carbonyl (C=O) groups is 1. The van der Waals surface area contributed by atoms with Gasteiger partial charge in [-0.2, -0.15) is 4.98 Å². The number of rotatable bonds is 7. The molecule has 1 saturated heterocycles. The molecule has 0 bridgehead atoms. The molecule has 2 N–H and O–H groups in total. The number of amides is 1. The van der Waals surface area contributed by atoms with Gasteiger partial charge in [0.25, 0.3) is 5.91 Å². The summed E-state index contributed by atoms with van der Waals surface area (Å²) in [6, 6.07) is 8.96. The van der Waals surface area contributed by atoms with E-state index < -0.39 is 11.6 Å². The Bertz CT molecular complexity index is 1480. The van der Waals surface area contributed by atoms with Crippen LogP contribution in [0.25, 0.3) is 22.6 Å². The van der Waals surface area contributed by atoms with Crippen molar-refractivity contribution in [2.45, 2.75) is 25.9 Å². The lowest BCUT2D eigenvalue weighted by atomic mass is 9.99. The zero-order valence-corrected chi connectivity index (χ0v) is 21.9. The highest BCUT2D eigenvalue weighted by atomic mass is 35.5. The Balaban J connectivity index is 1.51. The van der Waals surface area contributed by atoms with E-state index in [-0.39, 0.29) is 12.5 Å². The average Bonchev–Trinajstić information content (AvgIpc) is 3.26. The number of hydrogen-bond donors (Lipinski definition) is 2. The fourth-order valence-corrected chi connectivity index (χ4v) is 4.90. The van der Waals surface area contributed by atoms with Gasteiger partial charge in [0.2, 0.25) is 5.95 Å². The third-order valence-electron chi connectivity index (χ3n) is 6.63. The number of aromatic nitrogens is 4. The van der Waals surface area contributed by atoms with E-state index in [1.165, 1.54) is 11.0 Å². The van der Waals surface area contributed by atoms with Crippen LogP contribution >= 0.6 is 11.6 Å². The predicted octanol–water partition coefficient (Wildman–Crippen LogP) is 4.74. The molecule has 4 aromatic rings. The minimum absolute atomic E-state index is 0.136. The van der Waals surface area contributed by atoms with Gasteiger partial charge in [0.15, 0.2) is 17.3 Å². The number of imidazole rings is 1. The molecule has 8 nitrogen and oxygen atoms in total. The summed E-state index contributed by atoms with van der Waals surface area (Å²) in [5, 5.41) is 6.96. The zero-order chi connectivity index (χ0) is 26.8. The molecule has 1 aliphatic rings. The first-order valence-corrected chi connectivity index (χ1v) is 12.8. The van der Waals surface area contributed by atoms with E-state index in [1.807, 2.05) is 10.6 Å². The quantitative estimate of drug-likeness (QED) is 0.353. The predicted molar refractivity (Wildman–Crippen MR) is 143 cm³/mol. The summed E-state index contributed by atoms with van der Waals surface area (Å²) < 4.78 is 28.9. The van der Waals surface area contributed by atoms with Crippen LogP contribution in [0, 0.1) is 17.6 Å². The van der Waals surface area contributed by atoms with Crippen LogP contribution in [0.1, 0.15) is 28.8 Å². The number of nitrogens with one attached hydrogen (secondary N) is 2. The van der Waals surface area contributed by atoms with Gasteiger partial charge in [-0.3, -0.25) is 4.79 Å². The van der Waals surface area contributed by atoms with Crippen LogP contribution < -0.4 is 10.6 Å². The van der Waals surface area contributed by atoms with E-state index in [4.69, 9.17) is 21.6 Å². The van der Waals surface area contributed by atoms with Crippen molar-refractivity contribution in [2.75, 3.05) is 32.5 Å². The second kappa shape index (κ2) is 11.0. The number of hydrogen-bond acceptors (Lipinski definition) is 6. The number of piperidine rings is 1. The SMILES string of the molecule is CN(C)C(=O)c1ccc(-c2nc3cnc(NCc4ccc(F)c(F)c4)nc3n2C[C@@H]2CCCNC2)c(Cl)c1. The van der Waals surface area contributed by atoms with Gasteiger partial charge in [0.1, 0.15) is 11.3 Å². The van der Waals surface area contributed by atoms with Crippen molar-refractivity contribution < 1.29 is 13.6 Å². The second-order valence-electron chi connectivity index (χ2n) is 9.66. The minimum Gasteiger partial charge on any atom is -0.350 e. The van der Waals surface area contributed by atoms with Crippen LogP contribution in [-0.4, -0.2) is 57.5 Å². The molecule has 11 heteroatoms. The first-order chi connectivity index (χ1) is 18.3. The highest BCUT2D eigenvalue weighted by Gasteiger charge is 2.22. The molecule has 0 aliphatic carbocycles. The number of anilines is 1. The van der Waals surface area contributed by atoms with Gasteiger partial charge in [-0.05, 0) is 67.7 Å². The molecule has 5 rings (SSSR count). The van der Waals surface area contributed by atoms with Crippen molar-refractivity contribution in [3.05, 3.63) is 70.4 Å². The van der Waals surface area contributed by atoms with E-state index in [1.54, 1.807) is 32.4 Å². The number of fused-ring (bicyclic) bond motifs is 1. The van der Waals surface area contributed by atoms with Crippen LogP contribution in [0.2, 0.25) is 5.02 Å². The van der Waals surface area contributed by atoms with Gasteiger partial charge in [0, 0.05) is 38.3 Å². The van der Waals surface area contributed by atoms with Crippen molar-refractivity contribution >= 4 is 34.6 Å². The molecule has 0 unspecified atom stereocenters. The van der Waals surface area contributed by atoms with Crippen molar-refractivity contribution in [1.82, 2.24) is 29.7 Å². The molecule has 0 radical (unpaired) electrons. The first kappa shape index (κ1) is 26.0. The molecule has 1 aliphatic heterocycles. The third kappa shape index (κ3) is 5.46. The molecule has 198 valence electrons. The fourth-order valence-electron chi connectivity index (χ4n) is 4.64. The van der Waals surface area contributed by atoms with E-state index in [2.05, 4.69) is 15.6 Å². The number of halogens is 3. The van der Waals surface area contributed by atoms with E-state index in [0.717, 1.165) is 38.1 Å². The van der Waals surface area contributed by atoms with E-state index >= 15 is 0 Å². The molecular weight excluding hydrogens is 512 g/mol. The highest BCUT2D eigenvalue weighted by molar-refractivity contribution is 6.33. The number of carbonyl (C=O) groups excluding carboxylic acids is 1. The Labute approximate surface area is 224 Å². The lowest BCUT2D eigenvalue weighted by Crippen LogP contribution is -2.32. The zero-order valence-electron chi connectivity index (χ0n) is 21.1. The monoisotopic (exact) mass is 539 g/mol. The Morgan fingerprint density at radius 2 is 2.03 bits per heavy atom. The Kier molecular flexibility index (Phi) is 7.53. The lowest BCUT2D eigenvalue weighted by Gasteiger charge is -2.24. The number of nitrogens with zero attached hydrogens (tertiary/aromatic N) is 5. The highest BCUT2D eigenvalue weighted by Crippen LogP contribution is 2.32. The molecule has 0 spiro atoms. The first-order valence-electron chi connectivity index (χ1n) is 12.4. The molecular formula is C27H28ClF2N7O. The molecule has 1 fully saturated rings. The van der Waals surface area contributed by atoms with E-state index in [9.17, 15) is 13.6 Å². The van der Waals surface area contributed by atoms with Crippen molar-refractivity contribution in [3.8, 4) is 11.4 Å². The van der Waals surface area contributed by atoms with Crippen LogP contribution in [0.15, 0.2) is 42.6 Å². The van der Waals surface area contributed by atoms with Gasteiger partial charge in [-0.1, -0.05) is 17.7 Å². The summed E-state index contributed by atoms with van der Waals surface area (Å²) >= 11 is 6.69. The van der Waals surface area contributed by atoms with E-state index in [0.29, 0.717) is 57.1 Å². The third-order valence-corrected chi connectivity index (χ3v) is 6.94. The Hall–Kier alpha value is -3.63. The summed E-state index contributed by atoms with van der Waals surface area (Å²) in [5.41, 5.74) is 2.99. The number of benzene rings is 2. The van der Waals surface area contributed by atoms with Gasteiger partial charge in [0.05, 0.1) is 11.2 Å².